The molecule has 4 N–H and O–H groups in total. The number of hydrogen-bond donors (Lipinski definition) is 4. The maximum Gasteiger partial charge on any atom is 0.470 e. The van der Waals surface area contributed by atoms with E-state index in [1.54, 1.807) is 19.1 Å². The summed E-state index contributed by atoms with van der Waals surface area (Å²) in [5.74, 6) is -1.39. The van der Waals surface area contributed by atoms with Crippen LogP contribution in [0.4, 0.5) is 0 Å². The third-order valence-electron chi connectivity index (χ3n) is 8.87. The Hall–Kier alpha value is -1.15. The van der Waals surface area contributed by atoms with E-state index in [2.05, 4.69) is 4.52 Å². The van der Waals surface area contributed by atoms with Gasteiger partial charge in [0.2, 0.25) is 0 Å². The Morgan fingerprint density at radius 3 is 2.65 bits per heavy atom. The van der Waals surface area contributed by atoms with Gasteiger partial charge in [-0.05, 0) is 55.6 Å². The molecule has 0 heterocycles. The SMILES string of the molecule is C[C@@H]1C[C@H]2[C@@H]3CCC4=CC(=O)C=C[C@]4(C)[C@H]3C(O)C[C@]2(C)[C@@]1(O)C(=O)COP(=O)(O)O. The van der Waals surface area contributed by atoms with Crippen molar-refractivity contribution >= 4 is 19.4 Å². The van der Waals surface area contributed by atoms with Crippen LogP contribution < -0.4 is 0 Å². The molecular formula is C22H31O8P. The Bertz CT molecular complexity index is 920. The van der Waals surface area contributed by atoms with E-state index in [-0.39, 0.29) is 30.0 Å². The number of phosphoric ester groups is 1. The van der Waals surface area contributed by atoms with Crippen molar-refractivity contribution in [1.29, 1.82) is 0 Å². The van der Waals surface area contributed by atoms with E-state index in [9.17, 15) is 24.4 Å². The van der Waals surface area contributed by atoms with E-state index in [4.69, 9.17) is 9.79 Å². The molecule has 0 aromatic carbocycles. The van der Waals surface area contributed by atoms with Crippen LogP contribution in [0.25, 0.3) is 0 Å². The number of aliphatic hydroxyl groups excluding tert-OH is 1. The van der Waals surface area contributed by atoms with E-state index >= 15 is 0 Å². The molecule has 0 saturated heterocycles. The average Bonchev–Trinajstić information content (AvgIpc) is 2.87. The zero-order chi connectivity index (χ0) is 23.0. The van der Waals surface area contributed by atoms with Crippen molar-refractivity contribution in [3.8, 4) is 0 Å². The van der Waals surface area contributed by atoms with Crippen molar-refractivity contribution < 1.29 is 38.7 Å². The first kappa shape index (κ1) is 23.0. The number of hydrogen-bond acceptors (Lipinski definition) is 6. The molecule has 0 radical (unpaired) electrons. The van der Waals surface area contributed by atoms with Crippen LogP contribution in [0.2, 0.25) is 0 Å². The molecule has 0 aromatic rings. The molecule has 0 aliphatic heterocycles. The minimum Gasteiger partial charge on any atom is -0.393 e. The number of fused-ring (bicyclic) bond motifs is 5. The summed E-state index contributed by atoms with van der Waals surface area (Å²) in [6.07, 6.45) is 6.56. The van der Waals surface area contributed by atoms with Crippen molar-refractivity contribution in [3.63, 3.8) is 0 Å². The third kappa shape index (κ3) is 3.26. The van der Waals surface area contributed by atoms with Crippen molar-refractivity contribution in [1.82, 2.24) is 0 Å². The predicted octanol–water partition coefficient (Wildman–Crippen LogP) is 1.92. The zero-order valence-electron chi connectivity index (χ0n) is 18.0. The first-order valence-corrected chi connectivity index (χ1v) is 12.3. The van der Waals surface area contributed by atoms with Gasteiger partial charge in [0.05, 0.1) is 6.10 Å². The number of carbonyl (C=O) groups excluding carboxylic acids is 2. The Kier molecular flexibility index (Phi) is 5.33. The van der Waals surface area contributed by atoms with Crippen LogP contribution in [0.1, 0.15) is 46.5 Å². The van der Waals surface area contributed by atoms with E-state index in [1.807, 2.05) is 19.9 Å². The normalized spacial score (nSPS) is 46.7. The van der Waals surface area contributed by atoms with Gasteiger partial charge in [0, 0.05) is 16.7 Å². The molecule has 172 valence electrons. The van der Waals surface area contributed by atoms with Gasteiger partial charge in [0.15, 0.2) is 11.6 Å². The summed E-state index contributed by atoms with van der Waals surface area (Å²) >= 11 is 0. The largest absolute Gasteiger partial charge is 0.470 e. The second kappa shape index (κ2) is 7.17. The van der Waals surface area contributed by atoms with Gasteiger partial charge in [0.25, 0.3) is 0 Å². The molecule has 0 bridgehead atoms. The van der Waals surface area contributed by atoms with Crippen LogP contribution >= 0.6 is 7.82 Å². The lowest BCUT2D eigenvalue weighted by Gasteiger charge is -2.59. The van der Waals surface area contributed by atoms with Gasteiger partial charge in [-0.25, -0.2) is 4.57 Å². The molecule has 31 heavy (non-hydrogen) atoms. The van der Waals surface area contributed by atoms with Crippen LogP contribution in [-0.2, 0) is 18.7 Å². The fourth-order valence-corrected chi connectivity index (χ4v) is 7.79. The number of ketones is 2. The Morgan fingerprint density at radius 2 is 2.00 bits per heavy atom. The summed E-state index contributed by atoms with van der Waals surface area (Å²) in [4.78, 5) is 42.9. The maximum absolute atomic E-state index is 13.0. The summed E-state index contributed by atoms with van der Waals surface area (Å²) in [7, 11) is -4.86. The summed E-state index contributed by atoms with van der Waals surface area (Å²) in [5.41, 5.74) is -2.23. The maximum atomic E-state index is 13.0. The van der Waals surface area contributed by atoms with Gasteiger partial charge in [-0.2, -0.15) is 0 Å². The fraction of sp³-hybridized carbons (Fsp3) is 0.727. The molecule has 8 nitrogen and oxygen atoms in total. The number of Topliss-reactive ketones (excluding diaryl/α,β-unsaturated/α-hetero) is 1. The topological polar surface area (TPSA) is 141 Å². The smallest absolute Gasteiger partial charge is 0.393 e. The minimum atomic E-state index is -4.86. The molecule has 0 spiro atoms. The average molecular weight is 454 g/mol. The molecular weight excluding hydrogens is 423 g/mol. The van der Waals surface area contributed by atoms with Crippen molar-refractivity contribution in [3.05, 3.63) is 23.8 Å². The number of aliphatic hydroxyl groups is 2. The summed E-state index contributed by atoms with van der Waals surface area (Å²) in [6.45, 7) is 4.75. The van der Waals surface area contributed by atoms with Gasteiger partial charge in [-0.15, -0.1) is 0 Å². The Morgan fingerprint density at radius 1 is 1.32 bits per heavy atom. The molecule has 9 heteroatoms. The highest BCUT2D eigenvalue weighted by Crippen LogP contribution is 2.68. The molecule has 4 aliphatic rings. The molecule has 4 rings (SSSR count). The lowest BCUT2D eigenvalue weighted by Crippen LogP contribution is -2.62. The third-order valence-corrected chi connectivity index (χ3v) is 9.33. The van der Waals surface area contributed by atoms with Gasteiger partial charge in [-0.3, -0.25) is 14.1 Å². The van der Waals surface area contributed by atoms with E-state index in [1.165, 1.54) is 0 Å². The summed E-state index contributed by atoms with van der Waals surface area (Å²) in [5, 5.41) is 23.0. The first-order valence-electron chi connectivity index (χ1n) is 10.8. The summed E-state index contributed by atoms with van der Waals surface area (Å²) in [6, 6.07) is 0. The van der Waals surface area contributed by atoms with Crippen LogP contribution in [0, 0.1) is 34.5 Å². The molecule has 3 fully saturated rings. The highest BCUT2D eigenvalue weighted by Gasteiger charge is 2.70. The van der Waals surface area contributed by atoms with Gasteiger partial charge in [-0.1, -0.05) is 32.4 Å². The van der Waals surface area contributed by atoms with Crippen molar-refractivity contribution in [2.45, 2.75) is 58.2 Å². The number of phosphoric acid groups is 1. The van der Waals surface area contributed by atoms with Crippen LogP contribution in [0.15, 0.2) is 23.8 Å². The first-order chi connectivity index (χ1) is 14.2. The van der Waals surface area contributed by atoms with E-state index in [0.717, 1.165) is 18.4 Å². The number of carbonyl (C=O) groups is 2. The molecule has 0 amide bonds. The molecule has 8 atom stereocenters. The zero-order valence-corrected chi connectivity index (χ0v) is 18.9. The molecule has 0 aromatic heterocycles. The quantitative estimate of drug-likeness (QED) is 0.472. The number of rotatable bonds is 4. The standard InChI is InChI=1S/C22H31O8P/c1-12-8-16-15-5-4-13-9-14(23)6-7-20(13,2)19(15)17(24)10-21(16,3)22(12,26)18(25)11-30-31(27,28)29/h6-7,9,12,15-17,19,24,26H,4-5,8,10-11H2,1-3H3,(H2,27,28,29)/t12-,15+,16+,17?,19-,20+,21+,22+/m1/s1. The minimum absolute atomic E-state index is 0.0411. The second-order valence-corrected chi connectivity index (χ2v) is 11.5. The highest BCUT2D eigenvalue weighted by atomic mass is 31.2. The highest BCUT2D eigenvalue weighted by molar-refractivity contribution is 7.46. The van der Waals surface area contributed by atoms with E-state index in [0.29, 0.717) is 6.42 Å². The number of allylic oxidation sites excluding steroid dienone is 4. The Balaban J connectivity index is 1.69. The van der Waals surface area contributed by atoms with Crippen molar-refractivity contribution in [2.24, 2.45) is 34.5 Å². The van der Waals surface area contributed by atoms with Crippen LogP contribution in [-0.4, -0.2) is 49.9 Å². The van der Waals surface area contributed by atoms with Gasteiger partial charge >= 0.3 is 7.82 Å². The van der Waals surface area contributed by atoms with Gasteiger partial charge in [0.1, 0.15) is 12.2 Å². The second-order valence-electron chi connectivity index (χ2n) is 10.3. The van der Waals surface area contributed by atoms with Crippen LogP contribution in [0.5, 0.6) is 0 Å². The van der Waals surface area contributed by atoms with E-state index < -0.39 is 48.7 Å². The predicted molar refractivity (Wildman–Crippen MR) is 111 cm³/mol. The summed E-state index contributed by atoms with van der Waals surface area (Å²) < 4.78 is 15.5. The lowest BCUT2D eigenvalue weighted by atomic mass is 9.46. The van der Waals surface area contributed by atoms with Gasteiger partial charge < -0.3 is 20.0 Å². The fourth-order valence-electron chi connectivity index (χ4n) is 7.51. The van der Waals surface area contributed by atoms with Crippen LogP contribution in [0.3, 0.4) is 0 Å². The molecule has 1 unspecified atom stereocenters. The lowest BCUT2D eigenvalue weighted by molar-refractivity contribution is -0.183. The van der Waals surface area contributed by atoms with Crippen molar-refractivity contribution in [2.75, 3.05) is 6.61 Å². The monoisotopic (exact) mass is 454 g/mol. The Labute approximate surface area is 181 Å². The molecule has 3 saturated carbocycles. The molecule has 4 aliphatic carbocycles.